The third-order valence-electron chi connectivity index (χ3n) is 7.08. The van der Waals surface area contributed by atoms with Crippen molar-refractivity contribution in [2.45, 2.75) is 25.3 Å². The molecule has 2 aromatic rings. The molecular formula is C27H31ClFN3O4. The minimum Gasteiger partial charge on any atom is -0.469 e. The van der Waals surface area contributed by atoms with Crippen LogP contribution in [-0.4, -0.2) is 67.4 Å². The van der Waals surface area contributed by atoms with E-state index in [0.29, 0.717) is 24.9 Å². The fourth-order valence-electron chi connectivity index (χ4n) is 5.20. The molecule has 1 N–H and O–H groups in total. The zero-order chi connectivity index (χ0) is 25.7. The van der Waals surface area contributed by atoms with Gasteiger partial charge in [0.1, 0.15) is 5.82 Å². The second kappa shape index (κ2) is 11.8. The molecule has 2 aliphatic heterocycles. The highest BCUT2D eigenvalue weighted by molar-refractivity contribution is 6.33. The number of ether oxygens (including phenoxy) is 1. The van der Waals surface area contributed by atoms with Crippen LogP contribution >= 0.6 is 11.6 Å². The molecule has 192 valence electrons. The molecule has 2 unspecified atom stereocenters. The van der Waals surface area contributed by atoms with E-state index in [4.69, 9.17) is 11.6 Å². The van der Waals surface area contributed by atoms with Crippen LogP contribution < -0.4 is 5.32 Å². The predicted octanol–water partition coefficient (Wildman–Crippen LogP) is 3.68. The summed E-state index contributed by atoms with van der Waals surface area (Å²) in [7, 11) is 1.31. The highest BCUT2D eigenvalue weighted by atomic mass is 35.5. The van der Waals surface area contributed by atoms with E-state index in [1.807, 2.05) is 30.3 Å². The van der Waals surface area contributed by atoms with Crippen LogP contribution in [0.5, 0.6) is 0 Å². The Kier molecular flexibility index (Phi) is 8.59. The van der Waals surface area contributed by atoms with Gasteiger partial charge in [-0.1, -0.05) is 48.0 Å². The van der Waals surface area contributed by atoms with Gasteiger partial charge in [-0.15, -0.1) is 0 Å². The molecule has 0 spiro atoms. The van der Waals surface area contributed by atoms with Gasteiger partial charge in [-0.2, -0.15) is 0 Å². The number of nitrogens with one attached hydrogen (secondary N) is 1. The van der Waals surface area contributed by atoms with Crippen molar-refractivity contribution in [1.82, 2.24) is 15.1 Å². The SMILES string of the molecule is COC(=O)CCC(=O)N[C@@H](CCN1CC2CN(C(=O)c3c(F)cccc3Cl)CC2C1)c1ccccc1. The molecule has 0 bridgehead atoms. The minimum absolute atomic E-state index is 0.0483. The summed E-state index contributed by atoms with van der Waals surface area (Å²) in [5, 5.41) is 3.20. The van der Waals surface area contributed by atoms with Crippen LogP contribution in [0.1, 0.15) is 41.2 Å². The predicted molar refractivity (Wildman–Crippen MR) is 134 cm³/mol. The number of esters is 1. The van der Waals surface area contributed by atoms with Crippen molar-refractivity contribution in [2.75, 3.05) is 39.8 Å². The molecular weight excluding hydrogens is 485 g/mol. The van der Waals surface area contributed by atoms with Crippen LogP contribution in [0.25, 0.3) is 0 Å². The molecule has 0 aromatic heterocycles. The minimum atomic E-state index is -0.591. The Labute approximate surface area is 215 Å². The van der Waals surface area contributed by atoms with Gasteiger partial charge >= 0.3 is 5.97 Å². The van der Waals surface area contributed by atoms with E-state index in [9.17, 15) is 18.8 Å². The number of fused-ring (bicyclic) bond motifs is 1. The summed E-state index contributed by atoms with van der Waals surface area (Å²) in [6.07, 6.45) is 0.854. The topological polar surface area (TPSA) is 79.0 Å². The van der Waals surface area contributed by atoms with E-state index in [0.717, 1.165) is 31.6 Å². The zero-order valence-corrected chi connectivity index (χ0v) is 21.0. The molecule has 2 aromatic carbocycles. The Morgan fingerprint density at radius 3 is 2.36 bits per heavy atom. The van der Waals surface area contributed by atoms with Crippen LogP contribution in [-0.2, 0) is 14.3 Å². The van der Waals surface area contributed by atoms with Crippen LogP contribution in [0.3, 0.4) is 0 Å². The maximum absolute atomic E-state index is 14.2. The normalized spacial score (nSPS) is 20.1. The molecule has 0 radical (unpaired) electrons. The Hall–Kier alpha value is -2.97. The maximum atomic E-state index is 14.2. The standard InChI is InChI=1S/C27H31ClFN3O4/c1-36-25(34)11-10-24(33)30-23(18-6-3-2-4-7-18)12-13-31-14-19-16-32(17-20(19)15-31)27(35)26-21(28)8-5-9-22(26)29/h2-9,19-20,23H,10-17H2,1H3,(H,30,33)/t19?,20?,23-/m0/s1. The smallest absolute Gasteiger partial charge is 0.306 e. The summed E-state index contributed by atoms with van der Waals surface area (Å²) in [4.78, 5) is 40.8. The molecule has 0 saturated carbocycles. The van der Waals surface area contributed by atoms with Crippen molar-refractivity contribution in [2.24, 2.45) is 11.8 Å². The number of rotatable bonds is 9. The number of likely N-dealkylation sites (tertiary alicyclic amines) is 2. The molecule has 2 amide bonds. The molecule has 2 saturated heterocycles. The fraction of sp³-hybridized carbons (Fsp3) is 0.444. The Morgan fingerprint density at radius 2 is 1.72 bits per heavy atom. The summed E-state index contributed by atoms with van der Waals surface area (Å²) >= 11 is 6.10. The van der Waals surface area contributed by atoms with E-state index in [1.165, 1.54) is 25.3 Å². The molecule has 4 rings (SSSR count). The van der Waals surface area contributed by atoms with Crippen molar-refractivity contribution in [1.29, 1.82) is 0 Å². The van der Waals surface area contributed by atoms with Gasteiger partial charge in [-0.25, -0.2) is 4.39 Å². The van der Waals surface area contributed by atoms with Crippen molar-refractivity contribution >= 4 is 29.4 Å². The quantitative estimate of drug-likeness (QED) is 0.515. The van der Waals surface area contributed by atoms with Crippen LogP contribution in [0.4, 0.5) is 4.39 Å². The first-order chi connectivity index (χ1) is 17.4. The molecule has 0 aliphatic carbocycles. The number of hydrogen-bond donors (Lipinski definition) is 1. The van der Waals surface area contributed by atoms with Crippen LogP contribution in [0.2, 0.25) is 5.02 Å². The van der Waals surface area contributed by atoms with E-state index in [1.54, 1.807) is 4.90 Å². The summed E-state index contributed by atoms with van der Waals surface area (Å²) in [6, 6.07) is 13.9. The van der Waals surface area contributed by atoms with E-state index in [-0.39, 0.29) is 41.3 Å². The molecule has 3 atom stereocenters. The lowest BCUT2D eigenvalue weighted by Crippen LogP contribution is -2.35. The highest BCUT2D eigenvalue weighted by Gasteiger charge is 2.42. The van der Waals surface area contributed by atoms with Gasteiger partial charge in [-0.05, 0) is 36.0 Å². The zero-order valence-electron chi connectivity index (χ0n) is 20.3. The lowest BCUT2D eigenvalue weighted by Gasteiger charge is -2.25. The average molecular weight is 516 g/mol. The van der Waals surface area contributed by atoms with Gasteiger partial charge in [0.05, 0.1) is 30.2 Å². The van der Waals surface area contributed by atoms with Gasteiger partial charge < -0.3 is 19.9 Å². The lowest BCUT2D eigenvalue weighted by molar-refractivity contribution is -0.142. The van der Waals surface area contributed by atoms with Crippen molar-refractivity contribution in [3.05, 3.63) is 70.5 Å². The van der Waals surface area contributed by atoms with E-state index in [2.05, 4.69) is 15.0 Å². The first kappa shape index (κ1) is 26.1. The number of amides is 2. The number of carbonyl (C=O) groups is 3. The fourth-order valence-corrected chi connectivity index (χ4v) is 5.45. The maximum Gasteiger partial charge on any atom is 0.306 e. The summed E-state index contributed by atoms with van der Waals surface area (Å²) in [6.45, 7) is 3.64. The number of hydrogen-bond acceptors (Lipinski definition) is 5. The molecule has 2 heterocycles. The number of benzene rings is 2. The molecule has 2 fully saturated rings. The van der Waals surface area contributed by atoms with Crippen LogP contribution in [0, 0.1) is 17.7 Å². The first-order valence-corrected chi connectivity index (χ1v) is 12.6. The molecule has 7 nitrogen and oxygen atoms in total. The summed E-state index contributed by atoms with van der Waals surface area (Å²) in [5.74, 6) is -0.887. The van der Waals surface area contributed by atoms with Crippen LogP contribution in [0.15, 0.2) is 48.5 Å². The highest BCUT2D eigenvalue weighted by Crippen LogP contribution is 2.33. The molecule has 2 aliphatic rings. The average Bonchev–Trinajstić information content (AvgIpc) is 3.44. The molecule has 9 heteroatoms. The first-order valence-electron chi connectivity index (χ1n) is 12.2. The number of methoxy groups -OCH3 is 1. The number of halogens is 2. The number of nitrogens with zero attached hydrogens (tertiary/aromatic N) is 2. The van der Waals surface area contributed by atoms with Gasteiger partial charge in [0, 0.05) is 39.1 Å². The van der Waals surface area contributed by atoms with Crippen molar-refractivity contribution in [3.8, 4) is 0 Å². The third kappa shape index (κ3) is 6.23. The number of carbonyl (C=O) groups excluding carboxylic acids is 3. The second-order valence-electron chi connectivity index (χ2n) is 9.48. The summed E-state index contributed by atoms with van der Waals surface area (Å²) in [5.41, 5.74) is 0.964. The van der Waals surface area contributed by atoms with Gasteiger partial charge in [0.15, 0.2) is 0 Å². The molecule has 36 heavy (non-hydrogen) atoms. The van der Waals surface area contributed by atoms with Gasteiger partial charge in [0.25, 0.3) is 5.91 Å². The Morgan fingerprint density at radius 1 is 1.03 bits per heavy atom. The summed E-state index contributed by atoms with van der Waals surface area (Å²) < 4.78 is 18.9. The van der Waals surface area contributed by atoms with Crippen molar-refractivity contribution in [3.63, 3.8) is 0 Å². The van der Waals surface area contributed by atoms with Gasteiger partial charge in [-0.3, -0.25) is 14.4 Å². The third-order valence-corrected chi connectivity index (χ3v) is 7.40. The van der Waals surface area contributed by atoms with E-state index < -0.39 is 11.8 Å². The largest absolute Gasteiger partial charge is 0.469 e. The monoisotopic (exact) mass is 515 g/mol. The van der Waals surface area contributed by atoms with Gasteiger partial charge in [0.2, 0.25) is 5.91 Å². The second-order valence-corrected chi connectivity index (χ2v) is 9.89. The van der Waals surface area contributed by atoms with Crippen molar-refractivity contribution < 1.29 is 23.5 Å². The Bertz CT molecular complexity index is 1070. The van der Waals surface area contributed by atoms with E-state index >= 15 is 0 Å². The Balaban J connectivity index is 1.31. The lowest BCUT2D eigenvalue weighted by atomic mass is 10.0.